The van der Waals surface area contributed by atoms with Gasteiger partial charge in [0.25, 0.3) is 0 Å². The molecule has 0 saturated carbocycles. The number of ether oxygens (including phenoxy) is 2. The van der Waals surface area contributed by atoms with Gasteiger partial charge in [0.1, 0.15) is 5.75 Å². The van der Waals surface area contributed by atoms with Crippen LogP contribution in [-0.2, 0) is 11.3 Å². The van der Waals surface area contributed by atoms with Gasteiger partial charge in [-0.05, 0) is 55.0 Å². The molecule has 0 bridgehead atoms. The van der Waals surface area contributed by atoms with Gasteiger partial charge in [0.15, 0.2) is 5.05 Å². The molecule has 2 aromatic rings. The summed E-state index contributed by atoms with van der Waals surface area (Å²) in [7, 11) is 3.20. The van der Waals surface area contributed by atoms with Crippen molar-refractivity contribution in [3.05, 3.63) is 53.3 Å². The van der Waals surface area contributed by atoms with E-state index in [1.165, 1.54) is 0 Å². The second-order valence-electron chi connectivity index (χ2n) is 5.22. The molecule has 0 radical (unpaired) electrons. The number of thiocarbonyl (C=S) groups is 1. The predicted octanol–water partition coefficient (Wildman–Crippen LogP) is 3.19. The van der Waals surface area contributed by atoms with Gasteiger partial charge in [-0.3, -0.25) is 4.79 Å². The Morgan fingerprint density at radius 2 is 1.91 bits per heavy atom. The van der Waals surface area contributed by atoms with Gasteiger partial charge >= 0.3 is 0 Å². The minimum absolute atomic E-state index is 0.0119. The highest BCUT2D eigenvalue weighted by Gasteiger charge is 2.30. The summed E-state index contributed by atoms with van der Waals surface area (Å²) in [5, 5.41) is 0.584. The van der Waals surface area contributed by atoms with E-state index in [1.807, 2.05) is 16.7 Å². The highest BCUT2D eigenvalue weighted by molar-refractivity contribution is 7.80. The molecule has 1 aromatic carbocycles. The highest BCUT2D eigenvalue weighted by Crippen LogP contribution is 2.32. The summed E-state index contributed by atoms with van der Waals surface area (Å²) >= 11 is 5.25. The monoisotopic (exact) mass is 315 g/mol. The van der Waals surface area contributed by atoms with Crippen LogP contribution in [0.3, 0.4) is 0 Å². The predicted molar refractivity (Wildman–Crippen MR) is 87.8 cm³/mol. The Labute approximate surface area is 134 Å². The SMILES string of the molecule is COC(=S)C1CCn2c(C(=O)c3ccc(OC)cc3)ccc21. The molecule has 4 nitrogen and oxygen atoms in total. The number of hydrogen-bond acceptors (Lipinski definition) is 4. The fourth-order valence-electron chi connectivity index (χ4n) is 2.91. The summed E-state index contributed by atoms with van der Waals surface area (Å²) < 4.78 is 12.4. The van der Waals surface area contributed by atoms with Crippen LogP contribution < -0.4 is 4.74 Å². The van der Waals surface area contributed by atoms with Crippen molar-refractivity contribution in [3.8, 4) is 5.75 Å². The first kappa shape index (κ1) is 14.8. The van der Waals surface area contributed by atoms with Crippen LogP contribution in [0.4, 0.5) is 0 Å². The zero-order valence-electron chi connectivity index (χ0n) is 12.5. The molecule has 0 amide bonds. The molecule has 22 heavy (non-hydrogen) atoms. The summed E-state index contributed by atoms with van der Waals surface area (Å²) in [5.74, 6) is 0.845. The molecule has 5 heteroatoms. The lowest BCUT2D eigenvalue weighted by Gasteiger charge is -2.09. The molecule has 3 rings (SSSR count). The average molecular weight is 315 g/mol. The molecule has 0 N–H and O–H groups in total. The van der Waals surface area contributed by atoms with Crippen LogP contribution in [0.15, 0.2) is 36.4 Å². The molecular formula is C17H17NO3S. The fraction of sp³-hybridized carbons (Fsp3) is 0.294. The van der Waals surface area contributed by atoms with Gasteiger partial charge in [-0.2, -0.15) is 0 Å². The maximum Gasteiger partial charge on any atom is 0.209 e. The zero-order valence-corrected chi connectivity index (χ0v) is 13.4. The van der Waals surface area contributed by atoms with Gasteiger partial charge < -0.3 is 14.0 Å². The topological polar surface area (TPSA) is 40.5 Å². The largest absolute Gasteiger partial charge is 0.497 e. The maximum atomic E-state index is 12.7. The number of fused-ring (bicyclic) bond motifs is 1. The second-order valence-corrected chi connectivity index (χ2v) is 5.62. The van der Waals surface area contributed by atoms with Crippen molar-refractivity contribution in [1.82, 2.24) is 4.57 Å². The maximum absolute atomic E-state index is 12.7. The van der Waals surface area contributed by atoms with E-state index in [-0.39, 0.29) is 11.7 Å². The number of hydrogen-bond donors (Lipinski definition) is 0. The molecule has 0 spiro atoms. The molecule has 0 saturated heterocycles. The van der Waals surface area contributed by atoms with E-state index in [0.29, 0.717) is 16.3 Å². The number of aromatic nitrogens is 1. The Hall–Kier alpha value is -2.14. The molecule has 1 atom stereocenters. The molecule has 1 aliphatic rings. The van der Waals surface area contributed by atoms with Gasteiger partial charge in [-0.15, -0.1) is 0 Å². The van der Waals surface area contributed by atoms with Crippen molar-refractivity contribution < 1.29 is 14.3 Å². The summed E-state index contributed by atoms with van der Waals surface area (Å²) in [5.41, 5.74) is 2.41. The van der Waals surface area contributed by atoms with Gasteiger partial charge in [0.2, 0.25) is 5.78 Å². The smallest absolute Gasteiger partial charge is 0.209 e. The fourth-order valence-corrected chi connectivity index (χ4v) is 3.15. The summed E-state index contributed by atoms with van der Waals surface area (Å²) in [4.78, 5) is 12.7. The quantitative estimate of drug-likeness (QED) is 0.642. The zero-order chi connectivity index (χ0) is 15.7. The van der Waals surface area contributed by atoms with E-state index in [2.05, 4.69) is 0 Å². The normalized spacial score (nSPS) is 16.2. The number of methoxy groups -OCH3 is 2. The molecule has 0 aliphatic carbocycles. The molecule has 0 fully saturated rings. The van der Waals surface area contributed by atoms with Crippen molar-refractivity contribution in [2.75, 3.05) is 14.2 Å². The summed E-state index contributed by atoms with van der Waals surface area (Å²) in [6.07, 6.45) is 0.881. The van der Waals surface area contributed by atoms with Crippen LogP contribution in [0.1, 0.15) is 34.1 Å². The van der Waals surface area contributed by atoms with Crippen LogP contribution >= 0.6 is 12.2 Å². The average Bonchev–Trinajstić information content (AvgIpc) is 3.15. The van der Waals surface area contributed by atoms with Crippen LogP contribution in [-0.4, -0.2) is 29.6 Å². The summed E-state index contributed by atoms with van der Waals surface area (Å²) in [6, 6.07) is 11.0. The van der Waals surface area contributed by atoms with E-state index in [1.54, 1.807) is 38.5 Å². The minimum Gasteiger partial charge on any atom is -0.497 e. The third-order valence-electron chi connectivity index (χ3n) is 4.08. The number of nitrogens with zero attached hydrogens (tertiary/aromatic N) is 1. The van der Waals surface area contributed by atoms with Crippen LogP contribution in [0, 0.1) is 0 Å². The third kappa shape index (κ3) is 2.41. The minimum atomic E-state index is 0.0119. The van der Waals surface area contributed by atoms with Crippen LogP contribution in [0.25, 0.3) is 0 Å². The first-order valence-corrected chi connectivity index (χ1v) is 7.52. The molecule has 1 aliphatic heterocycles. The summed E-state index contributed by atoms with van der Waals surface area (Å²) in [6.45, 7) is 0.785. The van der Waals surface area contributed by atoms with Gasteiger partial charge in [-0.1, -0.05) is 0 Å². The Kier molecular flexibility index (Phi) is 3.98. The van der Waals surface area contributed by atoms with Crippen LogP contribution in [0.5, 0.6) is 5.75 Å². The lowest BCUT2D eigenvalue weighted by Crippen LogP contribution is -2.10. The number of benzene rings is 1. The Morgan fingerprint density at radius 1 is 1.18 bits per heavy atom. The number of rotatable bonds is 4. The molecule has 2 heterocycles. The number of carbonyl (C=O) groups is 1. The standard InChI is InChI=1S/C17H17NO3S/c1-20-12-5-3-11(4-6-12)16(19)15-8-7-14-13(17(22)21-2)9-10-18(14)15/h3-8,13H,9-10H2,1-2H3. The second kappa shape index (κ2) is 5.93. The van der Waals surface area contributed by atoms with Gasteiger partial charge in [0.05, 0.1) is 25.8 Å². The number of ketones is 1. The van der Waals surface area contributed by atoms with Crippen LogP contribution in [0.2, 0.25) is 0 Å². The van der Waals surface area contributed by atoms with Crippen molar-refractivity contribution in [3.63, 3.8) is 0 Å². The molecule has 1 aromatic heterocycles. The van der Waals surface area contributed by atoms with E-state index in [0.717, 1.165) is 24.4 Å². The third-order valence-corrected chi connectivity index (χ3v) is 4.53. The van der Waals surface area contributed by atoms with Crippen molar-refractivity contribution >= 4 is 23.1 Å². The van der Waals surface area contributed by atoms with Gasteiger partial charge in [0, 0.05) is 17.8 Å². The van der Waals surface area contributed by atoms with Crippen molar-refractivity contribution in [1.29, 1.82) is 0 Å². The molecule has 114 valence electrons. The first-order chi connectivity index (χ1) is 10.7. The van der Waals surface area contributed by atoms with E-state index < -0.39 is 0 Å². The molecular weight excluding hydrogens is 298 g/mol. The van der Waals surface area contributed by atoms with Crippen molar-refractivity contribution in [2.45, 2.75) is 18.9 Å². The van der Waals surface area contributed by atoms with Gasteiger partial charge in [-0.25, -0.2) is 0 Å². The van der Waals surface area contributed by atoms with E-state index in [4.69, 9.17) is 21.7 Å². The lowest BCUT2D eigenvalue weighted by atomic mass is 10.1. The molecule has 1 unspecified atom stereocenters. The van der Waals surface area contributed by atoms with Crippen molar-refractivity contribution in [2.24, 2.45) is 0 Å². The Balaban J connectivity index is 1.90. The van der Waals surface area contributed by atoms with E-state index in [9.17, 15) is 4.79 Å². The van der Waals surface area contributed by atoms with E-state index >= 15 is 0 Å². The first-order valence-electron chi connectivity index (χ1n) is 7.11. The number of carbonyl (C=O) groups excluding carboxylic acids is 1. The Morgan fingerprint density at radius 3 is 2.55 bits per heavy atom. The lowest BCUT2D eigenvalue weighted by molar-refractivity contribution is 0.103. The highest BCUT2D eigenvalue weighted by atomic mass is 32.1. The Bertz CT molecular complexity index is 718.